The van der Waals surface area contributed by atoms with Gasteiger partial charge in [-0.1, -0.05) is 0 Å². The lowest BCUT2D eigenvalue weighted by atomic mass is 10.3. The van der Waals surface area contributed by atoms with Crippen molar-refractivity contribution in [1.82, 2.24) is 20.2 Å². The molecular weight excluding hydrogens is 307 g/mol. The third-order valence-corrected chi connectivity index (χ3v) is 2.97. The number of anilines is 1. The van der Waals surface area contributed by atoms with Gasteiger partial charge in [-0.15, -0.1) is 5.10 Å². The largest absolute Gasteiger partial charge is 0.359 e. The summed E-state index contributed by atoms with van der Waals surface area (Å²) in [6, 6.07) is 8.82. The van der Waals surface area contributed by atoms with Crippen molar-refractivity contribution in [1.29, 1.82) is 0 Å². The summed E-state index contributed by atoms with van der Waals surface area (Å²) in [5, 5.41) is 13.8. The van der Waals surface area contributed by atoms with Gasteiger partial charge in [-0.05, 0) is 46.8 Å². The standard InChI is InChI=1S/C15H10F3N5/c16-10-1-4-12(5-2-10)23-15(20-21-22-23)7-8-19-14-6-3-11(17)9-13(14)18/h1-9,19H/b8-7-. The van der Waals surface area contributed by atoms with Gasteiger partial charge in [0.05, 0.1) is 11.4 Å². The Morgan fingerprint density at radius 2 is 1.70 bits per heavy atom. The summed E-state index contributed by atoms with van der Waals surface area (Å²) in [5.74, 6) is -1.39. The topological polar surface area (TPSA) is 55.6 Å². The van der Waals surface area contributed by atoms with E-state index in [0.29, 0.717) is 11.5 Å². The zero-order valence-corrected chi connectivity index (χ0v) is 11.6. The Morgan fingerprint density at radius 1 is 0.957 bits per heavy atom. The zero-order chi connectivity index (χ0) is 16.2. The van der Waals surface area contributed by atoms with E-state index < -0.39 is 11.6 Å². The fourth-order valence-electron chi connectivity index (χ4n) is 1.88. The van der Waals surface area contributed by atoms with Crippen LogP contribution in [0.15, 0.2) is 48.7 Å². The molecule has 0 amide bonds. The Bertz CT molecular complexity index is 843. The molecule has 8 heteroatoms. The molecule has 0 saturated heterocycles. The molecule has 1 aromatic heterocycles. The molecule has 0 aliphatic carbocycles. The van der Waals surface area contributed by atoms with Crippen LogP contribution in [0.1, 0.15) is 5.82 Å². The predicted octanol–water partition coefficient (Wildman–Crippen LogP) is 3.16. The summed E-state index contributed by atoms with van der Waals surface area (Å²) >= 11 is 0. The first-order valence-corrected chi connectivity index (χ1v) is 6.56. The number of tetrazole rings is 1. The first-order valence-electron chi connectivity index (χ1n) is 6.56. The number of hydrogen-bond donors (Lipinski definition) is 1. The van der Waals surface area contributed by atoms with Crippen molar-refractivity contribution in [3.05, 3.63) is 71.9 Å². The second-order valence-electron chi connectivity index (χ2n) is 4.53. The van der Waals surface area contributed by atoms with Crippen molar-refractivity contribution >= 4 is 11.8 Å². The minimum Gasteiger partial charge on any atom is -0.359 e. The molecule has 5 nitrogen and oxygen atoms in total. The molecule has 0 saturated carbocycles. The highest BCUT2D eigenvalue weighted by atomic mass is 19.1. The molecule has 0 fully saturated rings. The third-order valence-electron chi connectivity index (χ3n) is 2.97. The van der Waals surface area contributed by atoms with E-state index in [1.54, 1.807) is 0 Å². The van der Waals surface area contributed by atoms with Crippen molar-refractivity contribution in [2.24, 2.45) is 0 Å². The highest BCUT2D eigenvalue weighted by Crippen LogP contribution is 2.15. The average Bonchev–Trinajstić information content (AvgIpc) is 2.99. The van der Waals surface area contributed by atoms with Crippen LogP contribution >= 0.6 is 0 Å². The molecule has 2 aromatic carbocycles. The van der Waals surface area contributed by atoms with Gasteiger partial charge in [0, 0.05) is 18.3 Å². The van der Waals surface area contributed by atoms with Gasteiger partial charge in [0.25, 0.3) is 0 Å². The van der Waals surface area contributed by atoms with Crippen LogP contribution in [0.5, 0.6) is 0 Å². The lowest BCUT2D eigenvalue weighted by Crippen LogP contribution is -2.00. The van der Waals surface area contributed by atoms with Crippen LogP contribution < -0.4 is 5.32 Å². The maximum absolute atomic E-state index is 13.5. The van der Waals surface area contributed by atoms with E-state index in [0.717, 1.165) is 12.1 Å². The fourth-order valence-corrected chi connectivity index (χ4v) is 1.88. The number of rotatable bonds is 4. The quantitative estimate of drug-likeness (QED) is 0.803. The molecule has 1 heterocycles. The van der Waals surface area contributed by atoms with Crippen LogP contribution in [-0.4, -0.2) is 20.2 Å². The molecule has 0 aliphatic rings. The maximum Gasteiger partial charge on any atom is 0.181 e. The van der Waals surface area contributed by atoms with Crippen molar-refractivity contribution < 1.29 is 13.2 Å². The van der Waals surface area contributed by atoms with E-state index in [4.69, 9.17) is 0 Å². The van der Waals surface area contributed by atoms with E-state index in [2.05, 4.69) is 20.8 Å². The van der Waals surface area contributed by atoms with Gasteiger partial charge in [-0.25, -0.2) is 13.2 Å². The van der Waals surface area contributed by atoms with Crippen LogP contribution in [0.2, 0.25) is 0 Å². The lowest BCUT2D eigenvalue weighted by Gasteiger charge is -2.03. The molecule has 3 rings (SSSR count). The van der Waals surface area contributed by atoms with E-state index in [1.807, 2.05) is 0 Å². The van der Waals surface area contributed by atoms with Gasteiger partial charge in [0.1, 0.15) is 17.5 Å². The van der Waals surface area contributed by atoms with Gasteiger partial charge in [0.15, 0.2) is 5.82 Å². The van der Waals surface area contributed by atoms with Gasteiger partial charge >= 0.3 is 0 Å². The molecule has 1 N–H and O–H groups in total. The third kappa shape index (κ3) is 3.37. The molecule has 0 radical (unpaired) electrons. The number of nitrogens with one attached hydrogen (secondary N) is 1. The summed E-state index contributed by atoms with van der Waals surface area (Å²) in [5.41, 5.74) is 0.687. The molecule has 0 bridgehead atoms. The highest BCUT2D eigenvalue weighted by molar-refractivity contribution is 5.53. The van der Waals surface area contributed by atoms with E-state index in [-0.39, 0.29) is 11.5 Å². The Kier molecular flexibility index (Phi) is 4.05. The zero-order valence-electron chi connectivity index (χ0n) is 11.6. The summed E-state index contributed by atoms with van der Waals surface area (Å²) < 4.78 is 40.6. The Hall–Kier alpha value is -3.16. The molecular formula is C15H10F3N5. The second-order valence-corrected chi connectivity index (χ2v) is 4.53. The number of aromatic nitrogens is 4. The summed E-state index contributed by atoms with van der Waals surface area (Å²) in [6.45, 7) is 0. The Labute approximate surface area is 129 Å². The number of nitrogens with zero attached hydrogens (tertiary/aromatic N) is 4. The number of benzene rings is 2. The molecule has 116 valence electrons. The van der Waals surface area contributed by atoms with Gasteiger partial charge in [0.2, 0.25) is 0 Å². The summed E-state index contributed by atoms with van der Waals surface area (Å²) in [4.78, 5) is 0. The number of hydrogen-bond acceptors (Lipinski definition) is 4. The van der Waals surface area contributed by atoms with Gasteiger partial charge in [-0.2, -0.15) is 4.68 Å². The highest BCUT2D eigenvalue weighted by Gasteiger charge is 2.06. The molecule has 3 aromatic rings. The number of halogens is 3. The summed E-state index contributed by atoms with van der Waals surface area (Å²) in [7, 11) is 0. The maximum atomic E-state index is 13.5. The normalized spacial score (nSPS) is 11.1. The van der Waals surface area contributed by atoms with Crippen LogP contribution in [0.25, 0.3) is 11.8 Å². The lowest BCUT2D eigenvalue weighted by molar-refractivity contribution is 0.586. The SMILES string of the molecule is Fc1ccc(-n2nnnc2/C=C\Nc2ccc(F)cc2F)cc1. The Morgan fingerprint density at radius 3 is 2.43 bits per heavy atom. The molecule has 0 unspecified atom stereocenters. The van der Waals surface area contributed by atoms with Crippen molar-refractivity contribution in [3.63, 3.8) is 0 Å². The average molecular weight is 317 g/mol. The van der Waals surface area contributed by atoms with E-state index in [9.17, 15) is 13.2 Å². The van der Waals surface area contributed by atoms with Crippen LogP contribution in [-0.2, 0) is 0 Å². The first kappa shape index (κ1) is 14.8. The van der Waals surface area contributed by atoms with Gasteiger partial charge in [-0.3, -0.25) is 0 Å². The Balaban J connectivity index is 1.78. The second kappa shape index (κ2) is 6.30. The van der Waals surface area contributed by atoms with Crippen molar-refractivity contribution in [2.75, 3.05) is 5.32 Å². The smallest absolute Gasteiger partial charge is 0.181 e. The molecule has 0 atom stereocenters. The van der Waals surface area contributed by atoms with Crippen LogP contribution in [0.4, 0.5) is 18.9 Å². The minimum absolute atomic E-state index is 0.114. The van der Waals surface area contributed by atoms with Crippen molar-refractivity contribution in [2.45, 2.75) is 0 Å². The fraction of sp³-hybridized carbons (Fsp3) is 0. The monoisotopic (exact) mass is 317 g/mol. The van der Waals surface area contributed by atoms with Crippen LogP contribution in [0, 0.1) is 17.5 Å². The first-order chi connectivity index (χ1) is 11.1. The van der Waals surface area contributed by atoms with E-state index >= 15 is 0 Å². The van der Waals surface area contributed by atoms with Gasteiger partial charge < -0.3 is 5.32 Å². The molecule has 0 spiro atoms. The minimum atomic E-state index is -0.715. The summed E-state index contributed by atoms with van der Waals surface area (Å²) in [6.07, 6.45) is 2.92. The molecule has 0 aliphatic heterocycles. The van der Waals surface area contributed by atoms with E-state index in [1.165, 1.54) is 47.3 Å². The van der Waals surface area contributed by atoms with Crippen LogP contribution in [0.3, 0.4) is 0 Å². The molecule has 23 heavy (non-hydrogen) atoms. The van der Waals surface area contributed by atoms with Crippen molar-refractivity contribution in [3.8, 4) is 5.69 Å². The predicted molar refractivity (Wildman–Crippen MR) is 78.1 cm³/mol.